The van der Waals surface area contributed by atoms with E-state index in [-0.39, 0.29) is 6.10 Å². The van der Waals surface area contributed by atoms with Crippen molar-refractivity contribution in [1.29, 1.82) is 0 Å². The summed E-state index contributed by atoms with van der Waals surface area (Å²) in [6.07, 6.45) is 12.9. The molecule has 3 aromatic rings. The van der Waals surface area contributed by atoms with E-state index in [0.29, 0.717) is 17.9 Å². The maximum Gasteiger partial charge on any atom is 0.226 e. The third-order valence-electron chi connectivity index (χ3n) is 6.36. The van der Waals surface area contributed by atoms with Gasteiger partial charge in [-0.05, 0) is 87.6 Å². The van der Waals surface area contributed by atoms with Gasteiger partial charge in [0.15, 0.2) is 0 Å². The van der Waals surface area contributed by atoms with Crippen molar-refractivity contribution in [2.75, 3.05) is 5.32 Å². The molecule has 3 heterocycles. The first-order valence-corrected chi connectivity index (χ1v) is 11.5. The summed E-state index contributed by atoms with van der Waals surface area (Å²) in [6.45, 7) is 6.44. The molecule has 0 bridgehead atoms. The Morgan fingerprint density at radius 2 is 1.97 bits per heavy atom. The van der Waals surface area contributed by atoms with Gasteiger partial charge in [0.2, 0.25) is 11.8 Å². The van der Waals surface area contributed by atoms with Crippen LogP contribution >= 0.6 is 0 Å². The molecule has 0 saturated heterocycles. The molecule has 1 N–H and O–H groups in total. The summed E-state index contributed by atoms with van der Waals surface area (Å²) in [5, 5.41) is 7.92. The Labute approximate surface area is 183 Å². The van der Waals surface area contributed by atoms with Gasteiger partial charge in [-0.15, -0.1) is 0 Å². The van der Waals surface area contributed by atoms with Crippen LogP contribution in [0.5, 0.6) is 5.88 Å². The topological polar surface area (TPSA) is 64.3 Å². The Bertz CT molecular complexity index is 1110. The number of hydrogen-bond donors (Lipinski definition) is 1. The van der Waals surface area contributed by atoms with Crippen molar-refractivity contribution >= 4 is 17.0 Å². The number of aryl methyl sites for hydroxylation is 1. The monoisotopic (exact) mass is 417 g/mol. The average Bonchev–Trinajstić information content (AvgIpc) is 3.22. The maximum absolute atomic E-state index is 6.23. The van der Waals surface area contributed by atoms with Gasteiger partial charge in [0.05, 0.1) is 22.9 Å². The number of hydrogen-bond acceptors (Lipinski definition) is 5. The van der Waals surface area contributed by atoms with E-state index in [2.05, 4.69) is 49.4 Å². The zero-order valence-electron chi connectivity index (χ0n) is 18.6. The standard InChI is InChI=1S/C25H31N5O/c1-16(2)31-24-23-21(18-12-14-30-20(15-18)11-13-26-30)5-4-6-22(23)28-25(29-24)27-19-9-7-17(3)8-10-19/h5,11-17,19H,4,6-10H2,1-3H3,(H,27,28,29). The predicted molar refractivity (Wildman–Crippen MR) is 123 cm³/mol. The lowest BCUT2D eigenvalue weighted by Crippen LogP contribution is -2.27. The van der Waals surface area contributed by atoms with Gasteiger partial charge >= 0.3 is 0 Å². The van der Waals surface area contributed by atoms with Gasteiger partial charge in [-0.2, -0.15) is 10.1 Å². The minimum absolute atomic E-state index is 0.0443. The van der Waals surface area contributed by atoms with Crippen molar-refractivity contribution in [2.45, 2.75) is 71.4 Å². The number of rotatable bonds is 5. The number of nitrogens with one attached hydrogen (secondary N) is 1. The molecule has 2 aliphatic carbocycles. The van der Waals surface area contributed by atoms with Crippen molar-refractivity contribution in [3.63, 3.8) is 0 Å². The molecular formula is C25H31N5O. The highest BCUT2D eigenvalue weighted by atomic mass is 16.5. The molecule has 0 amide bonds. The minimum Gasteiger partial charge on any atom is -0.474 e. The molecule has 2 aliphatic rings. The van der Waals surface area contributed by atoms with Gasteiger partial charge < -0.3 is 10.1 Å². The van der Waals surface area contributed by atoms with Crippen molar-refractivity contribution < 1.29 is 4.74 Å². The molecule has 0 spiro atoms. The number of fused-ring (bicyclic) bond motifs is 2. The minimum atomic E-state index is 0.0443. The molecule has 6 nitrogen and oxygen atoms in total. The molecule has 1 fully saturated rings. The fourth-order valence-electron chi connectivity index (χ4n) is 4.70. The SMILES string of the molecule is CC1CCC(Nc2nc3c(c(OC(C)C)n2)C(c2ccn4nccc4c2)=CCC3)CC1. The summed E-state index contributed by atoms with van der Waals surface area (Å²) in [5.41, 5.74) is 5.48. The molecule has 0 atom stereocenters. The highest BCUT2D eigenvalue weighted by Crippen LogP contribution is 2.38. The normalized spacial score (nSPS) is 21.1. The molecule has 0 aliphatic heterocycles. The second-order valence-corrected chi connectivity index (χ2v) is 9.21. The van der Waals surface area contributed by atoms with Crippen LogP contribution in [0.2, 0.25) is 0 Å². The van der Waals surface area contributed by atoms with E-state index in [9.17, 15) is 0 Å². The molecule has 162 valence electrons. The van der Waals surface area contributed by atoms with E-state index in [1.807, 2.05) is 23.0 Å². The first kappa shape index (κ1) is 20.0. The first-order chi connectivity index (χ1) is 15.1. The third-order valence-corrected chi connectivity index (χ3v) is 6.36. The summed E-state index contributed by atoms with van der Waals surface area (Å²) < 4.78 is 8.12. The second kappa shape index (κ2) is 8.33. The van der Waals surface area contributed by atoms with Crippen molar-refractivity contribution in [3.05, 3.63) is 53.5 Å². The molecule has 0 unspecified atom stereocenters. The van der Waals surface area contributed by atoms with Gasteiger partial charge in [-0.1, -0.05) is 13.0 Å². The summed E-state index contributed by atoms with van der Waals surface area (Å²) in [4.78, 5) is 9.83. The number of anilines is 1. The Morgan fingerprint density at radius 1 is 1.13 bits per heavy atom. The Morgan fingerprint density at radius 3 is 2.77 bits per heavy atom. The van der Waals surface area contributed by atoms with Crippen LogP contribution in [0.25, 0.3) is 11.1 Å². The number of aromatic nitrogens is 4. The van der Waals surface area contributed by atoms with E-state index in [1.54, 1.807) is 0 Å². The zero-order valence-corrected chi connectivity index (χ0v) is 18.6. The van der Waals surface area contributed by atoms with Gasteiger partial charge in [-0.3, -0.25) is 0 Å². The summed E-state index contributed by atoms with van der Waals surface area (Å²) in [7, 11) is 0. The molecule has 31 heavy (non-hydrogen) atoms. The van der Waals surface area contributed by atoms with Gasteiger partial charge in [0, 0.05) is 18.4 Å². The Kier molecular flexibility index (Phi) is 5.38. The maximum atomic E-state index is 6.23. The van der Waals surface area contributed by atoms with Crippen molar-refractivity contribution in [2.24, 2.45) is 5.92 Å². The fraction of sp³-hybridized carbons (Fsp3) is 0.480. The van der Waals surface area contributed by atoms with Crippen LogP contribution in [0.3, 0.4) is 0 Å². The van der Waals surface area contributed by atoms with Crippen LogP contribution in [-0.2, 0) is 6.42 Å². The van der Waals surface area contributed by atoms with Crippen LogP contribution in [0.1, 0.15) is 69.7 Å². The smallest absolute Gasteiger partial charge is 0.226 e. The number of ether oxygens (including phenoxy) is 1. The number of pyridine rings is 1. The van der Waals surface area contributed by atoms with Crippen LogP contribution in [0, 0.1) is 5.92 Å². The van der Waals surface area contributed by atoms with Crippen molar-refractivity contribution in [3.8, 4) is 5.88 Å². The Balaban J connectivity index is 1.52. The lowest BCUT2D eigenvalue weighted by atomic mass is 9.87. The largest absolute Gasteiger partial charge is 0.474 e. The molecular weight excluding hydrogens is 386 g/mol. The van der Waals surface area contributed by atoms with E-state index < -0.39 is 0 Å². The van der Waals surface area contributed by atoms with Gasteiger partial charge in [-0.25, -0.2) is 9.50 Å². The molecule has 5 rings (SSSR count). The predicted octanol–water partition coefficient (Wildman–Crippen LogP) is 5.28. The Hall–Kier alpha value is -2.89. The van der Waals surface area contributed by atoms with Gasteiger partial charge in [0.25, 0.3) is 0 Å². The highest BCUT2D eigenvalue weighted by molar-refractivity contribution is 5.85. The van der Waals surface area contributed by atoms with E-state index >= 15 is 0 Å². The van der Waals surface area contributed by atoms with Crippen LogP contribution in [0.4, 0.5) is 5.95 Å². The van der Waals surface area contributed by atoms with Crippen LogP contribution in [-0.4, -0.2) is 31.7 Å². The third kappa shape index (κ3) is 4.16. The van der Waals surface area contributed by atoms with E-state index in [4.69, 9.17) is 14.7 Å². The summed E-state index contributed by atoms with van der Waals surface area (Å²) in [5.74, 6) is 2.22. The summed E-state index contributed by atoms with van der Waals surface area (Å²) >= 11 is 0. The summed E-state index contributed by atoms with van der Waals surface area (Å²) in [6, 6.07) is 6.75. The number of nitrogens with zero attached hydrogens (tertiary/aromatic N) is 4. The van der Waals surface area contributed by atoms with E-state index in [0.717, 1.165) is 46.7 Å². The molecule has 0 aromatic carbocycles. The lowest BCUT2D eigenvalue weighted by Gasteiger charge is -2.28. The van der Waals surface area contributed by atoms with E-state index in [1.165, 1.54) is 25.7 Å². The van der Waals surface area contributed by atoms with Crippen LogP contribution < -0.4 is 10.1 Å². The second-order valence-electron chi connectivity index (χ2n) is 9.21. The molecule has 1 saturated carbocycles. The average molecular weight is 418 g/mol. The van der Waals surface area contributed by atoms with Crippen LogP contribution in [0.15, 0.2) is 36.7 Å². The van der Waals surface area contributed by atoms with Gasteiger partial charge in [0.1, 0.15) is 0 Å². The zero-order chi connectivity index (χ0) is 21.4. The lowest BCUT2D eigenvalue weighted by molar-refractivity contribution is 0.231. The first-order valence-electron chi connectivity index (χ1n) is 11.5. The quantitative estimate of drug-likeness (QED) is 0.612. The van der Waals surface area contributed by atoms with Crippen molar-refractivity contribution in [1.82, 2.24) is 19.6 Å². The molecule has 3 aromatic heterocycles. The number of allylic oxidation sites excluding steroid dienone is 1. The highest BCUT2D eigenvalue weighted by Gasteiger charge is 2.25. The fourth-order valence-corrected chi connectivity index (χ4v) is 4.70. The molecule has 0 radical (unpaired) electrons. The molecule has 6 heteroatoms.